The van der Waals surface area contributed by atoms with Gasteiger partial charge in [-0.3, -0.25) is 38.5 Å². The summed E-state index contributed by atoms with van der Waals surface area (Å²) in [5, 5.41) is 20.7. The van der Waals surface area contributed by atoms with Crippen molar-refractivity contribution in [1.82, 2.24) is 42.2 Å². The Balaban J connectivity index is 0.000000689. The van der Waals surface area contributed by atoms with Crippen LogP contribution in [0.2, 0.25) is 0 Å². The van der Waals surface area contributed by atoms with Crippen LogP contribution in [0.15, 0.2) is 176 Å². The van der Waals surface area contributed by atoms with Crippen molar-refractivity contribution in [2.75, 3.05) is 52.9 Å². The summed E-state index contributed by atoms with van der Waals surface area (Å²) in [6.07, 6.45) is 13.8. The van der Waals surface area contributed by atoms with Gasteiger partial charge in [-0.15, -0.1) is 0 Å². The van der Waals surface area contributed by atoms with Crippen molar-refractivity contribution in [1.29, 1.82) is 0 Å². The lowest BCUT2D eigenvalue weighted by Gasteiger charge is -2.17. The molecular weight excluding hydrogens is 1470 g/mol. The smallest absolute Gasteiger partial charge is 0.220 e. The van der Waals surface area contributed by atoms with Crippen molar-refractivity contribution in [3.63, 3.8) is 0 Å². The molecule has 0 aliphatic carbocycles. The molecule has 1 heterocycles. The highest BCUT2D eigenvalue weighted by Crippen LogP contribution is 2.23. The number of aromatic nitrogens is 1. The van der Waals surface area contributed by atoms with Crippen molar-refractivity contribution in [3.8, 4) is 5.75 Å². The Hall–Kier alpha value is -9.44. The van der Waals surface area contributed by atoms with Gasteiger partial charge in [0.2, 0.25) is 41.4 Å². The predicted molar refractivity (Wildman–Crippen MR) is 494 cm³/mol. The van der Waals surface area contributed by atoms with Crippen molar-refractivity contribution in [3.05, 3.63) is 237 Å². The molecule has 118 heavy (non-hydrogen) atoms. The molecule has 652 valence electrons. The zero-order chi connectivity index (χ0) is 89.2. The zero-order valence-electron chi connectivity index (χ0n) is 77.8. The number of rotatable bonds is 29. The van der Waals surface area contributed by atoms with Crippen LogP contribution in [0.1, 0.15) is 252 Å². The number of nitrogens with one attached hydrogen (secondary N) is 7. The van der Waals surface area contributed by atoms with Gasteiger partial charge in [0.25, 0.3) is 0 Å². The Labute approximate surface area is 714 Å². The number of pyridine rings is 1. The van der Waals surface area contributed by atoms with Gasteiger partial charge in [0.1, 0.15) is 5.75 Å². The summed E-state index contributed by atoms with van der Waals surface area (Å²) in [6, 6.07) is 55.7. The number of carbonyl (C=O) groups excluding carboxylic acids is 7. The molecule has 7 amide bonds. The largest absolute Gasteiger partial charge is 0.497 e. The van der Waals surface area contributed by atoms with Gasteiger partial charge in [-0.2, -0.15) is 0 Å². The van der Waals surface area contributed by atoms with E-state index in [9.17, 15) is 33.6 Å². The average molecular weight is 1620 g/mol. The fraction of sp³-hybridized carbons (Fsp3) is 0.529. The third-order valence-corrected chi connectivity index (χ3v) is 17.1. The quantitative estimate of drug-likeness (QED) is 0.0236. The van der Waals surface area contributed by atoms with Gasteiger partial charge >= 0.3 is 0 Å². The fourth-order valence-electron chi connectivity index (χ4n) is 11.5. The average Bonchev–Trinajstić information content (AvgIpc) is 0.851. The molecule has 7 rings (SSSR count). The maximum absolute atomic E-state index is 11.6. The molecule has 16 nitrogen and oxygen atoms in total. The molecule has 0 spiro atoms. The van der Waals surface area contributed by atoms with E-state index < -0.39 is 0 Å². The Morgan fingerprint density at radius 1 is 0.254 bits per heavy atom. The van der Waals surface area contributed by atoms with Crippen LogP contribution in [-0.4, -0.2) is 99.3 Å². The molecule has 7 aromatic rings. The summed E-state index contributed by atoms with van der Waals surface area (Å²) in [5.74, 6) is 1.81. The van der Waals surface area contributed by atoms with E-state index in [1.54, 1.807) is 13.3 Å². The molecule has 16 heteroatoms. The summed E-state index contributed by atoms with van der Waals surface area (Å²) in [5.41, 5.74) is 14.2. The minimum absolute atomic E-state index is 0.0417. The first-order valence-electron chi connectivity index (χ1n) is 42.5. The molecule has 0 radical (unpaired) electrons. The third kappa shape index (κ3) is 64.6. The van der Waals surface area contributed by atoms with E-state index in [1.165, 1.54) is 55.6 Å². The summed E-state index contributed by atoms with van der Waals surface area (Å²) in [7, 11) is 1.66. The van der Waals surface area contributed by atoms with Gasteiger partial charge in [-0.05, 0) is 168 Å². The highest BCUT2D eigenvalue weighted by molar-refractivity contribution is 5.79. The number of aryl methyl sites for hydroxylation is 4. The van der Waals surface area contributed by atoms with E-state index >= 15 is 0 Å². The molecule has 0 aliphatic heterocycles. The van der Waals surface area contributed by atoms with Crippen molar-refractivity contribution in [2.45, 2.75) is 263 Å². The summed E-state index contributed by atoms with van der Waals surface area (Å²) in [4.78, 5) is 85.1. The van der Waals surface area contributed by atoms with Gasteiger partial charge in [0.15, 0.2) is 0 Å². The molecule has 0 aliphatic rings. The second kappa shape index (κ2) is 55.3. The number of ether oxygens (including phenoxy) is 1. The normalized spacial score (nSPS) is 11.2. The van der Waals surface area contributed by atoms with Crippen LogP contribution in [0.5, 0.6) is 5.75 Å². The molecule has 6 aromatic carbocycles. The number of nitrogens with zero attached hydrogens (tertiary/aromatic N) is 1. The van der Waals surface area contributed by atoms with Gasteiger partial charge < -0.3 is 42.0 Å². The Bertz CT molecular complexity index is 3750. The lowest BCUT2D eigenvalue weighted by molar-refractivity contribution is -0.123. The van der Waals surface area contributed by atoms with Gasteiger partial charge in [0.05, 0.1) is 7.11 Å². The Morgan fingerprint density at radius 3 is 0.729 bits per heavy atom. The van der Waals surface area contributed by atoms with Gasteiger partial charge in [-0.25, -0.2) is 0 Å². The summed E-state index contributed by atoms with van der Waals surface area (Å²) >= 11 is 0. The minimum atomic E-state index is 0.0417. The van der Waals surface area contributed by atoms with Crippen molar-refractivity contribution < 1.29 is 38.3 Å². The molecule has 0 atom stereocenters. The standard InChI is InChI=1S/C15H23NO2.4C15H23NO.C14H21NO.C13H20N2O/c1-15(2,3)11-14(17)16-9-8-12-6-5-7-13(10-12)18-4;2*1-12-5-7-13(8-6-12)9-10-16-14(17)11-15(2,3)4;2*1-12-6-5-7-13(10-12)8-9-16-14(17)11-15(2,3)4;1-14(2,3)11-13(16)15-10-9-12-7-5-4-6-8-12;1-13(2,3)9-12(16)15-8-6-11-5-4-7-14-10-11/h5-7,10H,8-9,11H2,1-4H3,(H,16,17);2*5-8H,9-11H2,1-4H3,(H,16,17);2*5-7,10H,8-9,11H2,1-4H3,(H,16,17);4-8H,9-11H2,1-3H3,(H,15,16);4-5,7,10H,6,8-9H2,1-3H3,(H,15,16). The lowest BCUT2D eigenvalue weighted by Crippen LogP contribution is -2.29. The highest BCUT2D eigenvalue weighted by atomic mass is 16.5. The lowest BCUT2D eigenvalue weighted by atomic mass is 9.92. The van der Waals surface area contributed by atoms with Crippen molar-refractivity contribution in [2.24, 2.45) is 37.9 Å². The van der Waals surface area contributed by atoms with Crippen LogP contribution in [-0.2, 0) is 78.5 Å². The minimum Gasteiger partial charge on any atom is -0.497 e. The number of hydrogen-bond acceptors (Lipinski definition) is 9. The molecule has 0 fully saturated rings. The van der Waals surface area contributed by atoms with E-state index in [0.717, 1.165) is 89.0 Å². The third-order valence-electron chi connectivity index (χ3n) is 17.1. The first-order chi connectivity index (χ1) is 54.8. The van der Waals surface area contributed by atoms with E-state index in [-0.39, 0.29) is 79.3 Å². The van der Waals surface area contributed by atoms with Crippen LogP contribution >= 0.6 is 0 Å². The monoisotopic (exact) mass is 1620 g/mol. The topological polar surface area (TPSA) is 226 Å². The number of amides is 7. The summed E-state index contributed by atoms with van der Waals surface area (Å²) < 4.78 is 5.16. The number of methoxy groups -OCH3 is 1. The molecule has 0 saturated heterocycles. The van der Waals surface area contributed by atoms with Crippen LogP contribution in [0.4, 0.5) is 0 Å². The molecule has 0 saturated carbocycles. The van der Waals surface area contributed by atoms with Gasteiger partial charge in [-0.1, -0.05) is 313 Å². The molecule has 7 N–H and O–H groups in total. The second-order valence-electron chi connectivity index (χ2n) is 39.5. The van der Waals surface area contributed by atoms with Gasteiger partial charge in [0, 0.05) is 103 Å². The summed E-state index contributed by atoms with van der Waals surface area (Å²) in [6.45, 7) is 56.8. The molecule has 1 aromatic heterocycles. The zero-order valence-corrected chi connectivity index (χ0v) is 77.8. The molecule has 0 bridgehead atoms. The maximum Gasteiger partial charge on any atom is 0.220 e. The maximum atomic E-state index is 11.6. The highest BCUT2D eigenvalue weighted by Gasteiger charge is 2.21. The van der Waals surface area contributed by atoms with Crippen LogP contribution in [0.3, 0.4) is 0 Å². The van der Waals surface area contributed by atoms with Crippen LogP contribution in [0.25, 0.3) is 0 Å². The number of benzene rings is 6. The van der Waals surface area contributed by atoms with E-state index in [1.807, 2.05) is 60.8 Å². The van der Waals surface area contributed by atoms with Crippen LogP contribution in [0, 0.1) is 65.6 Å². The van der Waals surface area contributed by atoms with E-state index in [0.29, 0.717) is 58.0 Å². The fourth-order valence-corrected chi connectivity index (χ4v) is 11.5. The van der Waals surface area contributed by atoms with Crippen molar-refractivity contribution >= 4 is 41.4 Å². The van der Waals surface area contributed by atoms with Crippen LogP contribution < -0.4 is 42.0 Å². The molecular formula is C102H156N8O8. The number of hydrogen-bond donors (Lipinski definition) is 7. The first-order valence-corrected chi connectivity index (χ1v) is 42.5. The molecule has 0 unspecified atom stereocenters. The number of carbonyl (C=O) groups is 7. The first kappa shape index (κ1) is 107. The predicted octanol–water partition coefficient (Wildman–Crippen LogP) is 20.1. The second-order valence-corrected chi connectivity index (χ2v) is 39.5. The Morgan fingerprint density at radius 2 is 0.483 bits per heavy atom. The SMILES string of the molecule is CC(C)(C)CC(=O)NCCc1ccccc1.CC(C)(C)CC(=O)NCCc1cccnc1.COc1cccc(CCNC(=O)CC(C)(C)C)c1.Cc1ccc(CCNC(=O)CC(C)(C)C)cc1.Cc1ccc(CCNC(=O)CC(C)(C)C)cc1.Cc1cccc(CCNC(=O)CC(C)(C)C)c1.Cc1cccc(CCNC(=O)CC(C)(C)C)c1. The van der Waals surface area contributed by atoms with E-state index in [2.05, 4.69) is 324 Å². The Kier molecular flexibility index (Phi) is 50.0. The van der Waals surface area contributed by atoms with E-state index in [4.69, 9.17) is 4.74 Å².